The zero-order chi connectivity index (χ0) is 20.5. The zero-order valence-electron chi connectivity index (χ0n) is 17.2. The Labute approximate surface area is 175 Å². The molecular weight excluding hydrogens is 376 g/mol. The van der Waals surface area contributed by atoms with E-state index in [9.17, 15) is 4.79 Å². The molecule has 1 aliphatic heterocycles. The van der Waals surface area contributed by atoms with Crippen LogP contribution < -0.4 is 5.32 Å². The van der Waals surface area contributed by atoms with Crippen molar-refractivity contribution in [3.05, 3.63) is 65.9 Å². The van der Waals surface area contributed by atoms with Crippen LogP contribution in [0.25, 0.3) is 16.7 Å². The minimum Gasteiger partial charge on any atom is -0.337 e. The summed E-state index contributed by atoms with van der Waals surface area (Å²) < 4.78 is 4.17. The highest BCUT2D eigenvalue weighted by Crippen LogP contribution is 2.18. The number of likely N-dealkylation sites (tertiary alicyclic amines) is 1. The fourth-order valence-electron chi connectivity index (χ4n) is 4.28. The topological polar surface area (TPSA) is 67.5 Å². The number of pyridine rings is 1. The molecule has 154 valence electrons. The first-order valence-electron chi connectivity index (χ1n) is 10.6. The Morgan fingerprint density at radius 3 is 2.70 bits per heavy atom. The van der Waals surface area contributed by atoms with Gasteiger partial charge in [-0.15, -0.1) is 0 Å². The Hall–Kier alpha value is -3.19. The normalized spacial score (nSPS) is 14.2. The van der Waals surface area contributed by atoms with E-state index in [2.05, 4.69) is 28.0 Å². The zero-order valence-corrected chi connectivity index (χ0v) is 17.2. The molecule has 1 N–H and O–H groups in total. The van der Waals surface area contributed by atoms with Crippen LogP contribution in [0.3, 0.4) is 0 Å². The van der Waals surface area contributed by atoms with Crippen LogP contribution in [-0.4, -0.2) is 49.4 Å². The van der Waals surface area contributed by atoms with Crippen LogP contribution in [-0.2, 0) is 20.0 Å². The number of rotatable bonds is 6. The Balaban J connectivity index is 1.32. The van der Waals surface area contributed by atoms with Crippen molar-refractivity contribution in [2.24, 2.45) is 7.05 Å². The van der Waals surface area contributed by atoms with Gasteiger partial charge in [-0.2, -0.15) is 0 Å². The lowest BCUT2D eigenvalue weighted by Gasteiger charge is -2.15. The van der Waals surface area contributed by atoms with Gasteiger partial charge in [-0.25, -0.2) is 9.97 Å². The van der Waals surface area contributed by atoms with Crippen molar-refractivity contribution in [2.75, 3.05) is 19.6 Å². The molecule has 1 aliphatic rings. The number of nitrogens with one attached hydrogen (secondary N) is 1. The van der Waals surface area contributed by atoms with E-state index in [0.717, 1.165) is 67.1 Å². The molecule has 7 nitrogen and oxygen atoms in total. The first kappa shape index (κ1) is 18.8. The number of carbonyl (C=O) groups is 1. The van der Waals surface area contributed by atoms with E-state index in [4.69, 9.17) is 4.98 Å². The number of nitrogens with zero attached hydrogens (tertiary/aromatic N) is 5. The van der Waals surface area contributed by atoms with Crippen molar-refractivity contribution in [1.82, 2.24) is 29.2 Å². The van der Waals surface area contributed by atoms with Gasteiger partial charge in [0.05, 0.1) is 16.7 Å². The van der Waals surface area contributed by atoms with Gasteiger partial charge in [0.15, 0.2) is 5.69 Å². The van der Waals surface area contributed by atoms with E-state index in [1.807, 2.05) is 51.9 Å². The molecule has 4 heterocycles. The van der Waals surface area contributed by atoms with Crippen LogP contribution in [0.2, 0.25) is 0 Å². The van der Waals surface area contributed by atoms with Crippen LogP contribution >= 0.6 is 0 Å². The third-order valence-corrected chi connectivity index (χ3v) is 5.92. The third kappa shape index (κ3) is 3.35. The first-order chi connectivity index (χ1) is 14.7. The molecule has 0 radical (unpaired) electrons. The second-order valence-electron chi connectivity index (χ2n) is 7.84. The number of hydrogen-bond donors (Lipinski definition) is 1. The van der Waals surface area contributed by atoms with Crippen LogP contribution in [0, 0.1) is 0 Å². The van der Waals surface area contributed by atoms with Gasteiger partial charge in [0.2, 0.25) is 0 Å². The highest BCUT2D eigenvalue weighted by Gasteiger charge is 2.25. The highest BCUT2D eigenvalue weighted by molar-refractivity contribution is 5.94. The van der Waals surface area contributed by atoms with Crippen molar-refractivity contribution < 1.29 is 4.79 Å². The molecular formula is C23H26N6O. The molecule has 0 saturated carbocycles. The van der Waals surface area contributed by atoms with E-state index >= 15 is 0 Å². The third-order valence-electron chi connectivity index (χ3n) is 5.92. The molecule has 0 atom stereocenters. The number of benzene rings is 1. The van der Waals surface area contributed by atoms with E-state index in [1.165, 1.54) is 0 Å². The number of hydrogen-bond acceptors (Lipinski definition) is 4. The monoisotopic (exact) mass is 402 g/mol. The smallest absolute Gasteiger partial charge is 0.274 e. The number of para-hydroxylation sites is 2. The fraction of sp³-hybridized carbons (Fsp3) is 0.348. The van der Waals surface area contributed by atoms with Gasteiger partial charge in [-0.3, -0.25) is 4.79 Å². The quantitative estimate of drug-likeness (QED) is 0.504. The number of fused-ring (bicyclic) bond motifs is 2. The maximum Gasteiger partial charge on any atom is 0.274 e. The summed E-state index contributed by atoms with van der Waals surface area (Å²) in [5.41, 5.74) is 4.47. The van der Waals surface area contributed by atoms with E-state index in [1.54, 1.807) is 0 Å². The summed E-state index contributed by atoms with van der Waals surface area (Å²) in [6.07, 6.45) is 4.94. The summed E-state index contributed by atoms with van der Waals surface area (Å²) in [6.45, 7) is 3.01. The number of aromatic nitrogens is 4. The van der Waals surface area contributed by atoms with Crippen LogP contribution in [0.1, 0.15) is 34.8 Å². The Morgan fingerprint density at radius 2 is 1.87 bits per heavy atom. The van der Waals surface area contributed by atoms with Gasteiger partial charge in [0.1, 0.15) is 11.5 Å². The maximum atomic E-state index is 13.0. The highest BCUT2D eigenvalue weighted by atomic mass is 16.2. The fourth-order valence-corrected chi connectivity index (χ4v) is 4.28. The number of aryl methyl sites for hydroxylation is 1. The van der Waals surface area contributed by atoms with E-state index < -0.39 is 0 Å². The van der Waals surface area contributed by atoms with Crippen LogP contribution in [0.15, 0.2) is 48.7 Å². The molecule has 5 rings (SSSR count). The largest absolute Gasteiger partial charge is 0.337 e. The predicted molar refractivity (Wildman–Crippen MR) is 116 cm³/mol. The predicted octanol–water partition coefficient (Wildman–Crippen LogP) is 2.79. The average molecular weight is 403 g/mol. The summed E-state index contributed by atoms with van der Waals surface area (Å²) >= 11 is 0. The second-order valence-corrected chi connectivity index (χ2v) is 7.84. The molecule has 4 aromatic rings. The lowest BCUT2D eigenvalue weighted by molar-refractivity contribution is 0.0786. The first-order valence-corrected chi connectivity index (χ1v) is 10.6. The summed E-state index contributed by atoms with van der Waals surface area (Å²) in [6, 6.07) is 14.1. The molecule has 0 unspecified atom stereocenters. The van der Waals surface area contributed by atoms with Crippen LogP contribution in [0.5, 0.6) is 0 Å². The van der Waals surface area contributed by atoms with Crippen molar-refractivity contribution >= 4 is 22.6 Å². The average Bonchev–Trinajstić information content (AvgIpc) is 3.50. The van der Waals surface area contributed by atoms with Crippen molar-refractivity contribution in [1.29, 1.82) is 0 Å². The van der Waals surface area contributed by atoms with Gasteiger partial charge in [-0.05, 0) is 37.1 Å². The lowest BCUT2D eigenvalue weighted by Crippen LogP contribution is -2.30. The SMILES string of the molecule is Cn1c(CCNCc2c(C(=O)N3CCCC3)nc3ccccn23)nc2ccccc21. The lowest BCUT2D eigenvalue weighted by atomic mass is 10.2. The number of imidazole rings is 2. The molecule has 1 amide bonds. The summed E-state index contributed by atoms with van der Waals surface area (Å²) in [4.78, 5) is 24.4. The number of amides is 1. The minimum atomic E-state index is 0.0448. The minimum absolute atomic E-state index is 0.0448. The standard InChI is InChI=1S/C23H26N6O/c1-27-18-9-3-2-8-17(18)25-20(27)11-12-24-16-19-22(23(30)28-13-6-7-14-28)26-21-10-4-5-15-29(19)21/h2-5,8-10,15,24H,6-7,11-14,16H2,1H3. The Kier molecular flexibility index (Phi) is 4.96. The molecule has 7 heteroatoms. The Bertz CT molecular complexity index is 1200. The Morgan fingerprint density at radius 1 is 1.07 bits per heavy atom. The van der Waals surface area contributed by atoms with Crippen molar-refractivity contribution in [3.8, 4) is 0 Å². The van der Waals surface area contributed by atoms with Crippen LogP contribution in [0.4, 0.5) is 0 Å². The van der Waals surface area contributed by atoms with E-state index in [0.29, 0.717) is 12.2 Å². The van der Waals surface area contributed by atoms with Gasteiger partial charge < -0.3 is 19.2 Å². The molecule has 1 aromatic carbocycles. The van der Waals surface area contributed by atoms with Gasteiger partial charge in [-0.1, -0.05) is 18.2 Å². The molecule has 0 aliphatic carbocycles. The van der Waals surface area contributed by atoms with Gasteiger partial charge >= 0.3 is 0 Å². The molecule has 1 saturated heterocycles. The van der Waals surface area contributed by atoms with Gasteiger partial charge in [0.25, 0.3) is 5.91 Å². The molecule has 30 heavy (non-hydrogen) atoms. The summed E-state index contributed by atoms with van der Waals surface area (Å²) in [5.74, 6) is 1.10. The molecule has 1 fully saturated rings. The molecule has 3 aromatic heterocycles. The van der Waals surface area contributed by atoms with E-state index in [-0.39, 0.29) is 5.91 Å². The maximum absolute atomic E-state index is 13.0. The summed E-state index contributed by atoms with van der Waals surface area (Å²) in [7, 11) is 2.06. The van der Waals surface area contributed by atoms with Crippen molar-refractivity contribution in [2.45, 2.75) is 25.8 Å². The van der Waals surface area contributed by atoms with Gasteiger partial charge in [0, 0.05) is 45.8 Å². The summed E-state index contributed by atoms with van der Waals surface area (Å²) in [5, 5.41) is 3.50. The molecule has 0 bridgehead atoms. The second kappa shape index (κ2) is 7.91. The van der Waals surface area contributed by atoms with Crippen molar-refractivity contribution in [3.63, 3.8) is 0 Å². The number of carbonyl (C=O) groups excluding carboxylic acids is 1. The molecule has 0 spiro atoms.